The molecular weight excluding hydrogens is 317 g/mol. The minimum atomic E-state index is -0.261. The highest BCUT2D eigenvalue weighted by Crippen LogP contribution is 2.21. The normalized spacial score (nSPS) is 12.4. The highest BCUT2D eigenvalue weighted by molar-refractivity contribution is 9.10. The van der Waals surface area contributed by atoms with Crippen molar-refractivity contribution in [2.75, 3.05) is 0 Å². The Morgan fingerprint density at radius 3 is 2.44 bits per heavy atom. The van der Waals surface area contributed by atoms with Crippen molar-refractivity contribution in [1.29, 1.82) is 0 Å². The first-order valence-corrected chi connectivity index (χ1v) is 6.68. The zero-order chi connectivity index (χ0) is 13.1. The van der Waals surface area contributed by atoms with Crippen LogP contribution in [0.2, 0.25) is 5.02 Å². The van der Waals surface area contributed by atoms with Crippen molar-refractivity contribution in [2.24, 2.45) is 5.73 Å². The fourth-order valence-corrected chi connectivity index (χ4v) is 2.45. The number of hydrogen-bond acceptors (Lipinski definition) is 1. The number of hydrogen-bond donors (Lipinski definition) is 1. The molecule has 0 bridgehead atoms. The molecule has 1 nitrogen and oxygen atoms in total. The standard InChI is InChI=1S/C14H12BrClFN/c15-11-5-9(6-13(17)8-11)7-14(18)10-1-3-12(16)4-2-10/h1-6,8,14H,7,18H2. The van der Waals surface area contributed by atoms with Gasteiger partial charge in [0.25, 0.3) is 0 Å². The average molecular weight is 329 g/mol. The van der Waals surface area contributed by atoms with Crippen LogP contribution in [-0.2, 0) is 6.42 Å². The van der Waals surface area contributed by atoms with Gasteiger partial charge in [-0.2, -0.15) is 0 Å². The van der Waals surface area contributed by atoms with Crippen molar-refractivity contribution in [3.05, 3.63) is 68.9 Å². The van der Waals surface area contributed by atoms with E-state index in [2.05, 4.69) is 15.9 Å². The van der Waals surface area contributed by atoms with Crippen molar-refractivity contribution < 1.29 is 4.39 Å². The fraction of sp³-hybridized carbons (Fsp3) is 0.143. The predicted octanol–water partition coefficient (Wildman–Crippen LogP) is 4.48. The second kappa shape index (κ2) is 5.83. The molecule has 2 N–H and O–H groups in total. The van der Waals surface area contributed by atoms with Crippen molar-refractivity contribution in [2.45, 2.75) is 12.5 Å². The molecule has 2 aromatic rings. The van der Waals surface area contributed by atoms with E-state index in [9.17, 15) is 4.39 Å². The summed E-state index contributed by atoms with van der Waals surface area (Å²) in [7, 11) is 0. The summed E-state index contributed by atoms with van der Waals surface area (Å²) in [5, 5.41) is 0.680. The second-order valence-corrected chi connectivity index (χ2v) is 5.49. The van der Waals surface area contributed by atoms with Gasteiger partial charge in [-0.3, -0.25) is 0 Å². The van der Waals surface area contributed by atoms with E-state index in [0.717, 1.165) is 15.6 Å². The lowest BCUT2D eigenvalue weighted by atomic mass is 10.00. The van der Waals surface area contributed by atoms with Crippen molar-refractivity contribution >= 4 is 27.5 Å². The largest absolute Gasteiger partial charge is 0.324 e. The maximum Gasteiger partial charge on any atom is 0.124 e. The molecule has 18 heavy (non-hydrogen) atoms. The lowest BCUT2D eigenvalue weighted by Crippen LogP contribution is -2.13. The molecule has 0 fully saturated rings. The van der Waals surface area contributed by atoms with Crippen LogP contribution in [0.5, 0.6) is 0 Å². The third-order valence-corrected chi connectivity index (χ3v) is 3.39. The molecule has 2 rings (SSSR count). The molecule has 0 spiro atoms. The molecule has 0 aliphatic carbocycles. The summed E-state index contributed by atoms with van der Waals surface area (Å²) in [6, 6.07) is 12.0. The van der Waals surface area contributed by atoms with Crippen molar-refractivity contribution in [3.63, 3.8) is 0 Å². The van der Waals surface area contributed by atoms with Crippen LogP contribution in [0.15, 0.2) is 46.9 Å². The van der Waals surface area contributed by atoms with E-state index in [1.807, 2.05) is 18.2 Å². The van der Waals surface area contributed by atoms with Gasteiger partial charge in [-0.15, -0.1) is 0 Å². The van der Waals surface area contributed by atoms with E-state index < -0.39 is 0 Å². The Morgan fingerprint density at radius 1 is 1.17 bits per heavy atom. The lowest BCUT2D eigenvalue weighted by Gasteiger charge is -2.12. The molecule has 0 aromatic heterocycles. The van der Waals surface area contributed by atoms with E-state index >= 15 is 0 Å². The lowest BCUT2D eigenvalue weighted by molar-refractivity contribution is 0.621. The number of benzene rings is 2. The molecular formula is C14H12BrClFN. The first kappa shape index (κ1) is 13.5. The summed E-state index contributed by atoms with van der Waals surface area (Å²) in [6.07, 6.45) is 0.581. The van der Waals surface area contributed by atoms with Crippen LogP contribution >= 0.6 is 27.5 Å². The van der Waals surface area contributed by atoms with Crippen LogP contribution < -0.4 is 5.73 Å². The van der Waals surface area contributed by atoms with Gasteiger partial charge in [-0.25, -0.2) is 4.39 Å². The molecule has 0 aliphatic heterocycles. The van der Waals surface area contributed by atoms with Crippen LogP contribution in [0, 0.1) is 5.82 Å². The van der Waals surface area contributed by atoms with E-state index in [1.54, 1.807) is 12.1 Å². The first-order chi connectivity index (χ1) is 8.54. The Bertz CT molecular complexity index is 522. The molecule has 4 heteroatoms. The van der Waals surface area contributed by atoms with Crippen LogP contribution in [-0.4, -0.2) is 0 Å². The summed E-state index contributed by atoms with van der Waals surface area (Å²) in [4.78, 5) is 0. The summed E-state index contributed by atoms with van der Waals surface area (Å²) in [5.74, 6) is -0.261. The van der Waals surface area contributed by atoms with Crippen LogP contribution in [0.25, 0.3) is 0 Å². The van der Waals surface area contributed by atoms with Gasteiger partial charge < -0.3 is 5.73 Å². The highest BCUT2D eigenvalue weighted by Gasteiger charge is 2.08. The quantitative estimate of drug-likeness (QED) is 0.883. The monoisotopic (exact) mass is 327 g/mol. The van der Waals surface area contributed by atoms with Gasteiger partial charge in [0.2, 0.25) is 0 Å². The molecule has 0 amide bonds. The van der Waals surface area contributed by atoms with E-state index in [4.69, 9.17) is 17.3 Å². The molecule has 0 heterocycles. The summed E-state index contributed by atoms with van der Waals surface area (Å²) in [6.45, 7) is 0. The maximum absolute atomic E-state index is 13.2. The number of halogens is 3. The average Bonchev–Trinajstić information content (AvgIpc) is 2.28. The molecule has 2 aromatic carbocycles. The topological polar surface area (TPSA) is 26.0 Å². The van der Waals surface area contributed by atoms with Gasteiger partial charge in [0.15, 0.2) is 0 Å². The maximum atomic E-state index is 13.2. The van der Waals surface area contributed by atoms with Gasteiger partial charge in [-0.1, -0.05) is 39.7 Å². The van der Waals surface area contributed by atoms with Gasteiger partial charge in [-0.05, 0) is 47.9 Å². The molecule has 94 valence electrons. The number of nitrogens with two attached hydrogens (primary N) is 1. The van der Waals surface area contributed by atoms with E-state index in [0.29, 0.717) is 11.4 Å². The molecule has 1 atom stereocenters. The fourth-order valence-electron chi connectivity index (χ4n) is 1.81. The zero-order valence-corrected chi connectivity index (χ0v) is 11.9. The van der Waals surface area contributed by atoms with Crippen molar-refractivity contribution in [3.8, 4) is 0 Å². The van der Waals surface area contributed by atoms with E-state index in [1.165, 1.54) is 12.1 Å². The second-order valence-electron chi connectivity index (χ2n) is 4.14. The minimum Gasteiger partial charge on any atom is -0.324 e. The first-order valence-electron chi connectivity index (χ1n) is 5.50. The summed E-state index contributed by atoms with van der Waals surface area (Å²) < 4.78 is 14.0. The third-order valence-electron chi connectivity index (χ3n) is 2.68. The Morgan fingerprint density at radius 2 is 1.83 bits per heavy atom. The number of rotatable bonds is 3. The van der Waals surface area contributed by atoms with Crippen LogP contribution in [0.3, 0.4) is 0 Å². The molecule has 0 aliphatic rings. The zero-order valence-electron chi connectivity index (χ0n) is 9.54. The summed E-state index contributed by atoms with van der Waals surface area (Å²) in [5.41, 5.74) is 7.95. The molecule has 0 saturated carbocycles. The molecule has 0 saturated heterocycles. The smallest absolute Gasteiger partial charge is 0.124 e. The van der Waals surface area contributed by atoms with Crippen LogP contribution in [0.4, 0.5) is 4.39 Å². The third kappa shape index (κ3) is 3.55. The minimum absolute atomic E-state index is 0.170. The highest BCUT2D eigenvalue weighted by atomic mass is 79.9. The van der Waals surface area contributed by atoms with Gasteiger partial charge in [0.05, 0.1) is 0 Å². The van der Waals surface area contributed by atoms with Crippen LogP contribution in [0.1, 0.15) is 17.2 Å². The van der Waals surface area contributed by atoms with E-state index in [-0.39, 0.29) is 11.9 Å². The Hall–Kier alpha value is -0.900. The molecule has 1 unspecified atom stereocenters. The van der Waals surface area contributed by atoms with Gasteiger partial charge in [0, 0.05) is 15.5 Å². The Labute approximate surface area is 119 Å². The summed E-state index contributed by atoms with van der Waals surface area (Å²) >= 11 is 9.09. The van der Waals surface area contributed by atoms with Crippen molar-refractivity contribution in [1.82, 2.24) is 0 Å². The Balaban J connectivity index is 2.15. The molecule has 0 radical (unpaired) electrons. The SMILES string of the molecule is NC(Cc1cc(F)cc(Br)c1)c1ccc(Cl)cc1. The predicted molar refractivity (Wildman–Crippen MR) is 76.2 cm³/mol. The Kier molecular flexibility index (Phi) is 4.38. The van der Waals surface area contributed by atoms with Gasteiger partial charge >= 0.3 is 0 Å². The van der Waals surface area contributed by atoms with Gasteiger partial charge in [0.1, 0.15) is 5.82 Å².